The van der Waals surface area contributed by atoms with E-state index in [4.69, 9.17) is 0 Å². The summed E-state index contributed by atoms with van der Waals surface area (Å²) in [5, 5.41) is 3.25. The Balaban J connectivity index is 0. The fraction of sp³-hybridized carbons (Fsp3) is 0.667. The van der Waals surface area contributed by atoms with E-state index in [2.05, 4.69) is 5.32 Å². The van der Waals surface area contributed by atoms with Gasteiger partial charge >= 0.3 is 29.6 Å². The molecule has 6 heavy (non-hydrogen) atoms. The van der Waals surface area contributed by atoms with E-state index in [1.165, 1.54) is 14.0 Å². The second-order valence-corrected chi connectivity index (χ2v) is 0.743. The molecular formula is C3H6NNaO. The zero-order chi connectivity index (χ0) is 4.28. The third kappa shape index (κ3) is 8.82. The molecule has 2 nitrogen and oxygen atoms in total. The van der Waals surface area contributed by atoms with Gasteiger partial charge < -0.3 is 10.1 Å². The molecule has 0 N–H and O–H groups in total. The van der Waals surface area contributed by atoms with Crippen molar-refractivity contribution in [2.24, 2.45) is 0 Å². The van der Waals surface area contributed by atoms with E-state index in [0.717, 1.165) is 0 Å². The van der Waals surface area contributed by atoms with E-state index in [0.29, 0.717) is 0 Å². The van der Waals surface area contributed by atoms with Gasteiger partial charge in [-0.05, 0) is 6.92 Å². The first-order valence-electron chi connectivity index (χ1n) is 1.37. The van der Waals surface area contributed by atoms with Gasteiger partial charge in [0.2, 0.25) is 0 Å². The van der Waals surface area contributed by atoms with Crippen LogP contribution in [0.3, 0.4) is 0 Å². The van der Waals surface area contributed by atoms with Crippen LogP contribution in [0.2, 0.25) is 0 Å². The van der Waals surface area contributed by atoms with Crippen LogP contribution in [0.5, 0.6) is 0 Å². The maximum Gasteiger partial charge on any atom is 1.00 e. The smallest absolute Gasteiger partial charge is 0.656 e. The Hall–Kier alpha value is 0.470. The zero-order valence-corrected chi connectivity index (χ0v) is 6.36. The van der Waals surface area contributed by atoms with Gasteiger partial charge in [0.05, 0.1) is 0 Å². The molecule has 0 aliphatic rings. The third-order valence-corrected chi connectivity index (χ3v) is 0.315. The van der Waals surface area contributed by atoms with Crippen molar-refractivity contribution in [3.8, 4) is 0 Å². The molecule has 0 atom stereocenters. The Labute approximate surface area is 59.6 Å². The van der Waals surface area contributed by atoms with Crippen LogP contribution in [0.4, 0.5) is 0 Å². The van der Waals surface area contributed by atoms with Crippen molar-refractivity contribution >= 4 is 5.91 Å². The van der Waals surface area contributed by atoms with Crippen molar-refractivity contribution in [1.29, 1.82) is 0 Å². The van der Waals surface area contributed by atoms with E-state index in [1.54, 1.807) is 0 Å². The minimum absolute atomic E-state index is 0. The number of hydrogen-bond acceptors (Lipinski definition) is 1. The molecule has 0 radical (unpaired) electrons. The van der Waals surface area contributed by atoms with Gasteiger partial charge in [0.25, 0.3) is 0 Å². The Kier molecular flexibility index (Phi) is 8.83. The van der Waals surface area contributed by atoms with Crippen LogP contribution in [0.15, 0.2) is 0 Å². The summed E-state index contributed by atoms with van der Waals surface area (Å²) in [5.41, 5.74) is 0. The average molecular weight is 95.1 g/mol. The van der Waals surface area contributed by atoms with Gasteiger partial charge in [-0.3, -0.25) is 0 Å². The largest absolute Gasteiger partial charge is 1.00 e. The molecule has 0 aromatic heterocycles. The minimum atomic E-state index is -0.120. The summed E-state index contributed by atoms with van der Waals surface area (Å²) in [6, 6.07) is 0. The predicted molar refractivity (Wildman–Crippen MR) is 20.0 cm³/mol. The molecule has 0 bridgehead atoms. The molecule has 0 aromatic carbocycles. The monoisotopic (exact) mass is 95.0 g/mol. The summed E-state index contributed by atoms with van der Waals surface area (Å²) in [7, 11) is 1.47. The number of carbonyl (C=O) groups excluding carboxylic acids is 1. The van der Waals surface area contributed by atoms with Crippen molar-refractivity contribution < 1.29 is 34.4 Å². The fourth-order valence-corrected chi connectivity index (χ4v) is 0. The average Bonchev–Trinajstić information content (AvgIpc) is 1.38. The molecule has 0 fully saturated rings. The first kappa shape index (κ1) is 9.69. The Morgan fingerprint density at radius 1 is 1.67 bits per heavy atom. The number of hydrogen-bond donors (Lipinski definition) is 0. The molecule has 0 saturated carbocycles. The Morgan fingerprint density at radius 3 is 1.83 bits per heavy atom. The third-order valence-electron chi connectivity index (χ3n) is 0.315. The quantitative estimate of drug-likeness (QED) is 0.307. The number of rotatable bonds is 0. The van der Waals surface area contributed by atoms with Crippen molar-refractivity contribution in [2.45, 2.75) is 6.92 Å². The van der Waals surface area contributed by atoms with Gasteiger partial charge in [-0.15, -0.1) is 7.05 Å². The summed E-state index contributed by atoms with van der Waals surface area (Å²) in [4.78, 5) is 9.65. The molecule has 0 aromatic rings. The minimum Gasteiger partial charge on any atom is -0.656 e. The Bertz CT molecular complexity index is 46.1. The van der Waals surface area contributed by atoms with E-state index < -0.39 is 0 Å². The first-order chi connectivity index (χ1) is 2.27. The molecule has 0 rings (SSSR count). The first-order valence-corrected chi connectivity index (χ1v) is 1.37. The van der Waals surface area contributed by atoms with Crippen molar-refractivity contribution in [1.82, 2.24) is 0 Å². The van der Waals surface area contributed by atoms with Crippen molar-refractivity contribution in [3.63, 3.8) is 0 Å². The van der Waals surface area contributed by atoms with Crippen LogP contribution in [-0.4, -0.2) is 13.0 Å². The number of carbonyl (C=O) groups is 1. The second-order valence-electron chi connectivity index (χ2n) is 0.743. The molecule has 30 valence electrons. The van der Waals surface area contributed by atoms with E-state index in [1.807, 2.05) is 0 Å². The summed E-state index contributed by atoms with van der Waals surface area (Å²) in [6.45, 7) is 1.42. The van der Waals surface area contributed by atoms with Crippen molar-refractivity contribution in [3.05, 3.63) is 5.32 Å². The molecule has 1 amide bonds. The van der Waals surface area contributed by atoms with Gasteiger partial charge in [-0.1, -0.05) is 0 Å². The molecule has 0 saturated heterocycles. The maximum absolute atomic E-state index is 9.65. The normalized spacial score (nSPS) is 5.67. The van der Waals surface area contributed by atoms with E-state index in [9.17, 15) is 4.79 Å². The maximum atomic E-state index is 9.65. The Morgan fingerprint density at radius 2 is 1.83 bits per heavy atom. The molecule has 0 unspecified atom stereocenters. The predicted octanol–water partition coefficient (Wildman–Crippen LogP) is -2.46. The van der Waals surface area contributed by atoms with Gasteiger partial charge in [-0.2, -0.15) is 0 Å². The molecule has 0 spiro atoms. The van der Waals surface area contributed by atoms with Crippen LogP contribution >= 0.6 is 0 Å². The molecule has 3 heteroatoms. The number of nitrogens with zero attached hydrogens (tertiary/aromatic N) is 1. The van der Waals surface area contributed by atoms with E-state index >= 15 is 0 Å². The standard InChI is InChI=1S/C3H7NO.Na/c1-3(5)4-2;/h1-2H3,(H,4,5);/q;+1/p-1. The van der Waals surface area contributed by atoms with Crippen LogP contribution < -0.4 is 29.6 Å². The summed E-state index contributed by atoms with van der Waals surface area (Å²) in [5.74, 6) is -0.120. The fourth-order valence-electron chi connectivity index (χ4n) is 0. The van der Waals surface area contributed by atoms with Crippen LogP contribution in [0, 0.1) is 0 Å². The van der Waals surface area contributed by atoms with Crippen LogP contribution in [0.25, 0.3) is 5.32 Å². The summed E-state index contributed by atoms with van der Waals surface area (Å²) >= 11 is 0. The van der Waals surface area contributed by atoms with Gasteiger partial charge in [0, 0.05) is 5.91 Å². The van der Waals surface area contributed by atoms with Gasteiger partial charge in [-0.25, -0.2) is 0 Å². The van der Waals surface area contributed by atoms with Crippen LogP contribution in [0.1, 0.15) is 6.92 Å². The molecule has 0 heterocycles. The van der Waals surface area contributed by atoms with Gasteiger partial charge in [0.15, 0.2) is 0 Å². The topological polar surface area (TPSA) is 31.2 Å². The summed E-state index contributed by atoms with van der Waals surface area (Å²) < 4.78 is 0. The van der Waals surface area contributed by atoms with Crippen LogP contribution in [-0.2, 0) is 4.79 Å². The molecular weight excluding hydrogens is 89.0 g/mol. The zero-order valence-electron chi connectivity index (χ0n) is 4.36. The number of amides is 1. The SMILES string of the molecule is C[N-]C(C)=O.[Na+]. The van der Waals surface area contributed by atoms with Gasteiger partial charge in [0.1, 0.15) is 0 Å². The molecule has 0 aliphatic heterocycles. The van der Waals surface area contributed by atoms with E-state index in [-0.39, 0.29) is 35.5 Å². The van der Waals surface area contributed by atoms with Crippen molar-refractivity contribution in [2.75, 3.05) is 7.05 Å². The second kappa shape index (κ2) is 5.47. The molecule has 0 aliphatic carbocycles. The summed E-state index contributed by atoms with van der Waals surface area (Å²) in [6.07, 6.45) is 0.